The van der Waals surface area contributed by atoms with Crippen molar-refractivity contribution < 1.29 is 21.6 Å². The third-order valence-electron chi connectivity index (χ3n) is 5.28. The van der Waals surface area contributed by atoms with Gasteiger partial charge < -0.3 is 26.5 Å². The fourth-order valence-corrected chi connectivity index (χ4v) is 2.95. The summed E-state index contributed by atoms with van der Waals surface area (Å²) in [7, 11) is 0. The summed E-state index contributed by atoms with van der Waals surface area (Å²) in [6.07, 6.45) is 0. The van der Waals surface area contributed by atoms with Crippen molar-refractivity contribution in [2.75, 3.05) is 78.7 Å². The topological polar surface area (TPSA) is 15.7 Å². The zero-order valence-corrected chi connectivity index (χ0v) is 18.6. The van der Waals surface area contributed by atoms with Crippen LogP contribution in [0.2, 0.25) is 0 Å². The fraction of sp³-hybridized carbons (Fsp3) is 1.00. The van der Waals surface area contributed by atoms with Crippen LogP contribution in [-0.4, -0.2) is 92.9 Å². The van der Waals surface area contributed by atoms with E-state index >= 15 is 0 Å². The predicted octanol–water partition coefficient (Wildman–Crippen LogP) is -0.0310. The van der Waals surface area contributed by atoms with Gasteiger partial charge in [0, 0.05) is 13.1 Å². The monoisotopic (exact) mass is 387 g/mol. The Morgan fingerprint density at radius 2 is 1.12 bits per heavy atom. The molecule has 0 aliphatic carbocycles. The SMILES string of the molecule is CCN(CC)CCOCC[N+](CC)(CC)CCN(CC)CC.Cl.[Cl-]. The highest BCUT2D eigenvalue weighted by molar-refractivity contribution is 5.85. The van der Waals surface area contributed by atoms with Gasteiger partial charge in [0.25, 0.3) is 0 Å². The third-order valence-corrected chi connectivity index (χ3v) is 5.28. The highest BCUT2D eigenvalue weighted by atomic mass is 35.5. The van der Waals surface area contributed by atoms with Crippen molar-refractivity contribution in [3.8, 4) is 0 Å². The van der Waals surface area contributed by atoms with Crippen LogP contribution in [0.3, 0.4) is 0 Å². The highest BCUT2D eigenvalue weighted by Crippen LogP contribution is 2.07. The first-order valence-electron chi connectivity index (χ1n) is 9.48. The Morgan fingerprint density at radius 3 is 1.54 bits per heavy atom. The second-order valence-electron chi connectivity index (χ2n) is 6.09. The summed E-state index contributed by atoms with van der Waals surface area (Å²) in [4.78, 5) is 4.95. The van der Waals surface area contributed by atoms with Crippen molar-refractivity contribution in [2.24, 2.45) is 0 Å². The van der Waals surface area contributed by atoms with Crippen LogP contribution >= 0.6 is 12.4 Å². The Balaban J connectivity index is -0.00000220. The van der Waals surface area contributed by atoms with Gasteiger partial charge in [-0.25, -0.2) is 0 Å². The zero-order chi connectivity index (χ0) is 16.8. The molecular weight excluding hydrogens is 345 g/mol. The second-order valence-corrected chi connectivity index (χ2v) is 6.09. The number of quaternary nitrogens is 1. The van der Waals surface area contributed by atoms with Crippen LogP contribution in [0.1, 0.15) is 41.5 Å². The Kier molecular flexibility index (Phi) is 22.2. The third kappa shape index (κ3) is 11.9. The van der Waals surface area contributed by atoms with Crippen LogP contribution in [-0.2, 0) is 4.74 Å². The molecule has 4 nitrogen and oxygen atoms in total. The molecule has 0 spiro atoms. The van der Waals surface area contributed by atoms with Crippen LogP contribution in [0, 0.1) is 0 Å². The summed E-state index contributed by atoms with van der Waals surface area (Å²) < 4.78 is 7.10. The number of halogens is 2. The first kappa shape index (κ1) is 29.2. The molecule has 150 valence electrons. The molecule has 0 amide bonds. The van der Waals surface area contributed by atoms with E-state index in [0.29, 0.717) is 0 Å². The van der Waals surface area contributed by atoms with Gasteiger partial charge in [0.05, 0.1) is 32.8 Å². The molecule has 0 N–H and O–H groups in total. The Hall–Kier alpha value is 0.420. The van der Waals surface area contributed by atoms with E-state index in [1.54, 1.807) is 0 Å². The van der Waals surface area contributed by atoms with Crippen molar-refractivity contribution in [3.05, 3.63) is 0 Å². The van der Waals surface area contributed by atoms with E-state index in [-0.39, 0.29) is 24.8 Å². The number of hydrogen-bond donors (Lipinski definition) is 0. The molecule has 0 rings (SSSR count). The molecule has 0 saturated heterocycles. The quantitative estimate of drug-likeness (QED) is 0.290. The van der Waals surface area contributed by atoms with Gasteiger partial charge in [-0.1, -0.05) is 27.7 Å². The lowest BCUT2D eigenvalue weighted by Gasteiger charge is -2.38. The normalized spacial score (nSPS) is 11.5. The number of ether oxygens (including phenoxy) is 1. The lowest BCUT2D eigenvalue weighted by Crippen LogP contribution is -3.00. The molecule has 0 saturated carbocycles. The van der Waals surface area contributed by atoms with Crippen LogP contribution in [0.5, 0.6) is 0 Å². The summed E-state index contributed by atoms with van der Waals surface area (Å²) in [5.74, 6) is 0. The number of likely N-dealkylation sites (N-methyl/N-ethyl adjacent to an activating group) is 3. The van der Waals surface area contributed by atoms with Crippen LogP contribution < -0.4 is 12.4 Å². The summed E-state index contributed by atoms with van der Waals surface area (Å²) in [6, 6.07) is 0. The molecule has 6 heteroatoms. The minimum absolute atomic E-state index is 0. The summed E-state index contributed by atoms with van der Waals surface area (Å²) in [5.41, 5.74) is 0. The molecular formula is C18H43Cl2N3O. The Morgan fingerprint density at radius 1 is 0.667 bits per heavy atom. The summed E-state index contributed by atoms with van der Waals surface area (Å²) in [5, 5.41) is 0. The number of hydrogen-bond acceptors (Lipinski definition) is 3. The van der Waals surface area contributed by atoms with Crippen molar-refractivity contribution in [3.63, 3.8) is 0 Å². The van der Waals surface area contributed by atoms with E-state index in [2.05, 4.69) is 51.3 Å². The second kappa shape index (κ2) is 18.2. The molecule has 0 aliphatic rings. The Bertz CT molecular complexity index is 246. The van der Waals surface area contributed by atoms with Crippen molar-refractivity contribution in [2.45, 2.75) is 41.5 Å². The van der Waals surface area contributed by atoms with Gasteiger partial charge in [0.15, 0.2) is 0 Å². The molecule has 0 atom stereocenters. The van der Waals surface area contributed by atoms with Gasteiger partial charge >= 0.3 is 0 Å². The standard InChI is InChI=1S/C18H42N3O.2ClH/c1-7-19(8-2)13-15-21(11-5,12-6)16-18-22-17-14-20(9-3)10-4;;/h7-18H2,1-6H3;2*1H/q+1;;/p-1. The zero-order valence-electron chi connectivity index (χ0n) is 17.0. The molecule has 0 unspecified atom stereocenters. The maximum atomic E-state index is 5.92. The lowest BCUT2D eigenvalue weighted by molar-refractivity contribution is -0.924. The minimum Gasteiger partial charge on any atom is -1.00 e. The van der Waals surface area contributed by atoms with Crippen LogP contribution in [0.4, 0.5) is 0 Å². The number of nitrogens with zero attached hydrogens (tertiary/aromatic N) is 3. The highest BCUT2D eigenvalue weighted by Gasteiger charge is 2.23. The number of rotatable bonds is 15. The van der Waals surface area contributed by atoms with E-state index in [1.165, 1.54) is 30.7 Å². The maximum absolute atomic E-state index is 5.92. The van der Waals surface area contributed by atoms with Gasteiger partial charge in [-0.15, -0.1) is 12.4 Å². The van der Waals surface area contributed by atoms with Gasteiger partial charge in [-0.05, 0) is 40.0 Å². The maximum Gasteiger partial charge on any atom is 0.102 e. The lowest BCUT2D eigenvalue weighted by atomic mass is 10.3. The molecule has 24 heavy (non-hydrogen) atoms. The van der Waals surface area contributed by atoms with E-state index in [4.69, 9.17) is 4.74 Å². The van der Waals surface area contributed by atoms with Crippen molar-refractivity contribution in [1.82, 2.24) is 9.80 Å². The summed E-state index contributed by atoms with van der Waals surface area (Å²) >= 11 is 0. The molecule has 0 radical (unpaired) electrons. The predicted molar refractivity (Wildman–Crippen MR) is 105 cm³/mol. The van der Waals surface area contributed by atoms with Gasteiger partial charge in [-0.2, -0.15) is 0 Å². The molecule has 0 heterocycles. The van der Waals surface area contributed by atoms with Crippen molar-refractivity contribution >= 4 is 12.4 Å². The minimum atomic E-state index is 0. The molecule has 0 bridgehead atoms. The first-order chi connectivity index (χ1) is 10.6. The average Bonchev–Trinajstić information content (AvgIpc) is 2.57. The molecule has 0 aromatic rings. The van der Waals surface area contributed by atoms with Gasteiger partial charge in [-0.3, -0.25) is 4.90 Å². The van der Waals surface area contributed by atoms with E-state index in [0.717, 1.165) is 52.5 Å². The van der Waals surface area contributed by atoms with E-state index in [1.807, 2.05) is 0 Å². The van der Waals surface area contributed by atoms with Crippen LogP contribution in [0.15, 0.2) is 0 Å². The molecule has 0 aromatic heterocycles. The molecule has 0 aromatic carbocycles. The first-order valence-corrected chi connectivity index (χ1v) is 9.48. The van der Waals surface area contributed by atoms with Crippen LogP contribution in [0.25, 0.3) is 0 Å². The van der Waals surface area contributed by atoms with Gasteiger partial charge in [0.1, 0.15) is 6.54 Å². The van der Waals surface area contributed by atoms with Gasteiger partial charge in [0.2, 0.25) is 0 Å². The average molecular weight is 388 g/mol. The van der Waals surface area contributed by atoms with E-state index < -0.39 is 0 Å². The summed E-state index contributed by atoms with van der Waals surface area (Å²) in [6.45, 7) is 27.0. The van der Waals surface area contributed by atoms with Crippen molar-refractivity contribution in [1.29, 1.82) is 0 Å². The fourth-order valence-electron chi connectivity index (χ4n) is 2.95. The smallest absolute Gasteiger partial charge is 0.102 e. The molecule has 0 fully saturated rings. The Labute approximate surface area is 164 Å². The van der Waals surface area contributed by atoms with E-state index in [9.17, 15) is 0 Å². The molecule has 0 aliphatic heterocycles. The largest absolute Gasteiger partial charge is 1.00 e.